The molecule has 1 saturated heterocycles. The molecule has 0 aliphatic carbocycles. The Morgan fingerprint density at radius 1 is 1.22 bits per heavy atom. The van der Waals surface area contributed by atoms with Crippen LogP contribution in [0.1, 0.15) is 21.6 Å². The smallest absolute Gasteiger partial charge is 0.257 e. The Balaban J connectivity index is 1.70. The molecule has 7 nitrogen and oxygen atoms in total. The largest absolute Gasteiger partial charge is 0.358 e. The first kappa shape index (κ1) is 19.0. The molecule has 142 valence electrons. The molecule has 0 spiro atoms. The number of hydrogen-bond acceptors (Lipinski definition) is 5. The number of carbonyl (C=O) groups excluding carboxylic acids is 2. The number of piperazine rings is 1. The zero-order valence-electron chi connectivity index (χ0n) is 15.8. The summed E-state index contributed by atoms with van der Waals surface area (Å²) in [6.07, 6.45) is 3.84. The monoisotopic (exact) mass is 367 g/mol. The molecule has 1 aliphatic heterocycles. The van der Waals surface area contributed by atoms with Crippen LogP contribution >= 0.6 is 0 Å². The third-order valence-corrected chi connectivity index (χ3v) is 5.00. The van der Waals surface area contributed by atoms with Gasteiger partial charge >= 0.3 is 0 Å². The van der Waals surface area contributed by atoms with E-state index in [1.165, 1.54) is 11.9 Å². The predicted molar refractivity (Wildman–Crippen MR) is 102 cm³/mol. The summed E-state index contributed by atoms with van der Waals surface area (Å²) in [6.45, 7) is 4.17. The highest BCUT2D eigenvalue weighted by molar-refractivity contribution is 5.95. The average Bonchev–Trinajstić information content (AvgIpc) is 2.72. The summed E-state index contributed by atoms with van der Waals surface area (Å²) in [5, 5.41) is 2.73. The van der Waals surface area contributed by atoms with Crippen molar-refractivity contribution in [2.24, 2.45) is 0 Å². The quantitative estimate of drug-likeness (QED) is 0.850. The lowest BCUT2D eigenvalue weighted by atomic mass is 10.1. The van der Waals surface area contributed by atoms with E-state index in [1.807, 2.05) is 18.2 Å². The van der Waals surface area contributed by atoms with E-state index in [0.717, 1.165) is 13.0 Å². The molecule has 2 heterocycles. The van der Waals surface area contributed by atoms with Gasteiger partial charge in [0.25, 0.3) is 5.91 Å². The van der Waals surface area contributed by atoms with Crippen LogP contribution < -0.4 is 5.32 Å². The molecule has 7 heteroatoms. The van der Waals surface area contributed by atoms with Crippen LogP contribution in [0.25, 0.3) is 0 Å². The van der Waals surface area contributed by atoms with Gasteiger partial charge in [-0.05, 0) is 18.9 Å². The van der Waals surface area contributed by atoms with Crippen LogP contribution in [0.15, 0.2) is 42.9 Å². The highest BCUT2D eigenvalue weighted by Gasteiger charge is 2.34. The number of aromatic nitrogens is 2. The fourth-order valence-corrected chi connectivity index (χ4v) is 3.38. The molecule has 1 unspecified atom stereocenters. The first-order valence-electron chi connectivity index (χ1n) is 9.15. The molecule has 1 fully saturated rings. The molecule has 0 radical (unpaired) electrons. The number of nitrogens with one attached hydrogen (secondary N) is 1. The van der Waals surface area contributed by atoms with Crippen LogP contribution in [0, 0.1) is 6.92 Å². The van der Waals surface area contributed by atoms with E-state index in [1.54, 1.807) is 25.1 Å². The van der Waals surface area contributed by atoms with Gasteiger partial charge in [-0.25, -0.2) is 9.97 Å². The molecular formula is C20H25N5O2. The number of amides is 2. The fraction of sp³-hybridized carbons (Fsp3) is 0.400. The van der Waals surface area contributed by atoms with Crippen molar-refractivity contribution in [3.63, 3.8) is 0 Å². The van der Waals surface area contributed by atoms with Crippen molar-refractivity contribution in [3.05, 3.63) is 59.7 Å². The lowest BCUT2D eigenvalue weighted by molar-refractivity contribution is -0.127. The Kier molecular flexibility index (Phi) is 6.13. The van der Waals surface area contributed by atoms with Crippen LogP contribution in [0.4, 0.5) is 0 Å². The zero-order valence-corrected chi connectivity index (χ0v) is 15.8. The van der Waals surface area contributed by atoms with Crippen LogP contribution in [-0.2, 0) is 11.2 Å². The number of likely N-dealkylation sites (N-methyl/N-ethyl adjacent to an activating group) is 1. The van der Waals surface area contributed by atoms with Gasteiger partial charge in [0, 0.05) is 39.4 Å². The van der Waals surface area contributed by atoms with Gasteiger partial charge in [0.2, 0.25) is 5.91 Å². The van der Waals surface area contributed by atoms with E-state index >= 15 is 0 Å². The first-order valence-corrected chi connectivity index (χ1v) is 9.15. The first-order chi connectivity index (χ1) is 13.1. The fourth-order valence-electron chi connectivity index (χ4n) is 3.38. The van der Waals surface area contributed by atoms with Crippen LogP contribution in [0.2, 0.25) is 0 Å². The third-order valence-electron chi connectivity index (χ3n) is 5.00. The third kappa shape index (κ3) is 4.49. The number of aryl methyl sites for hydroxylation is 1. The van der Waals surface area contributed by atoms with Gasteiger partial charge in [0.15, 0.2) is 0 Å². The molecular weight excluding hydrogens is 342 g/mol. The minimum atomic E-state index is -0.360. The van der Waals surface area contributed by atoms with Gasteiger partial charge in [-0.1, -0.05) is 30.3 Å². The summed E-state index contributed by atoms with van der Waals surface area (Å²) in [7, 11) is 1.63. The Hall–Kier alpha value is -2.80. The molecule has 2 amide bonds. The Morgan fingerprint density at radius 3 is 2.70 bits per heavy atom. The maximum atomic E-state index is 12.9. The highest BCUT2D eigenvalue weighted by atomic mass is 16.2. The average molecular weight is 367 g/mol. The minimum absolute atomic E-state index is 0.0680. The lowest BCUT2D eigenvalue weighted by Gasteiger charge is -2.40. The summed E-state index contributed by atoms with van der Waals surface area (Å²) < 4.78 is 0. The van der Waals surface area contributed by atoms with Gasteiger partial charge in [-0.3, -0.25) is 14.5 Å². The molecule has 3 rings (SSSR count). The Bertz CT molecular complexity index is 796. The minimum Gasteiger partial charge on any atom is -0.358 e. The Morgan fingerprint density at radius 2 is 2.00 bits per heavy atom. The number of hydrogen-bond donors (Lipinski definition) is 1. The molecule has 1 aromatic heterocycles. The summed E-state index contributed by atoms with van der Waals surface area (Å²) in [6, 6.07) is 9.86. The number of rotatable bonds is 5. The van der Waals surface area contributed by atoms with Crippen LogP contribution in [-0.4, -0.2) is 70.9 Å². The van der Waals surface area contributed by atoms with Crippen molar-refractivity contribution in [1.82, 2.24) is 25.1 Å². The van der Waals surface area contributed by atoms with Crippen molar-refractivity contribution in [2.45, 2.75) is 19.4 Å². The molecule has 2 aromatic rings. The van der Waals surface area contributed by atoms with Gasteiger partial charge in [-0.15, -0.1) is 0 Å². The SMILES string of the molecule is CNC(=O)C1CN(C(=O)c2cncnc2C)CCN1CCc1ccccc1. The van der Waals surface area contributed by atoms with E-state index in [0.29, 0.717) is 30.9 Å². The van der Waals surface area contributed by atoms with Gasteiger partial charge in [0.1, 0.15) is 12.4 Å². The Labute approximate surface area is 159 Å². The van der Waals surface area contributed by atoms with Gasteiger partial charge in [0.05, 0.1) is 11.3 Å². The topological polar surface area (TPSA) is 78.4 Å². The highest BCUT2D eigenvalue weighted by Crippen LogP contribution is 2.15. The van der Waals surface area contributed by atoms with Crippen molar-refractivity contribution in [1.29, 1.82) is 0 Å². The zero-order chi connectivity index (χ0) is 19.2. The van der Waals surface area contributed by atoms with Crippen molar-refractivity contribution < 1.29 is 9.59 Å². The summed E-state index contributed by atoms with van der Waals surface area (Å²) >= 11 is 0. The van der Waals surface area contributed by atoms with E-state index < -0.39 is 0 Å². The van der Waals surface area contributed by atoms with E-state index in [9.17, 15) is 9.59 Å². The predicted octanol–water partition coefficient (Wildman–Crippen LogP) is 0.900. The maximum absolute atomic E-state index is 12.9. The molecule has 27 heavy (non-hydrogen) atoms. The summed E-state index contributed by atoms with van der Waals surface area (Å²) in [5.41, 5.74) is 2.38. The van der Waals surface area contributed by atoms with E-state index in [2.05, 4.69) is 32.3 Å². The summed E-state index contributed by atoms with van der Waals surface area (Å²) in [4.78, 5) is 37.2. The van der Waals surface area contributed by atoms with Crippen LogP contribution in [0.3, 0.4) is 0 Å². The van der Waals surface area contributed by atoms with Crippen LogP contribution in [0.5, 0.6) is 0 Å². The standard InChI is InChI=1S/C20H25N5O2/c1-15-17(12-22-14-23-15)20(27)25-11-10-24(18(13-25)19(26)21-2)9-8-16-6-4-3-5-7-16/h3-7,12,14,18H,8-11,13H2,1-2H3,(H,21,26). The van der Waals surface area contributed by atoms with Crippen molar-refractivity contribution >= 4 is 11.8 Å². The molecule has 1 aliphatic rings. The number of nitrogens with zero attached hydrogens (tertiary/aromatic N) is 4. The number of benzene rings is 1. The second kappa shape index (κ2) is 8.73. The normalized spacial score (nSPS) is 17.6. The molecule has 0 bridgehead atoms. The van der Waals surface area contributed by atoms with Crippen molar-refractivity contribution in [2.75, 3.05) is 33.2 Å². The van der Waals surface area contributed by atoms with Crippen molar-refractivity contribution in [3.8, 4) is 0 Å². The number of carbonyl (C=O) groups is 2. The van der Waals surface area contributed by atoms with Gasteiger partial charge < -0.3 is 10.2 Å². The molecule has 1 N–H and O–H groups in total. The molecule has 1 aromatic carbocycles. The summed E-state index contributed by atoms with van der Waals surface area (Å²) in [5.74, 6) is -0.189. The lowest BCUT2D eigenvalue weighted by Crippen LogP contribution is -2.60. The molecule has 1 atom stereocenters. The second-order valence-corrected chi connectivity index (χ2v) is 6.67. The van der Waals surface area contributed by atoms with Gasteiger partial charge in [-0.2, -0.15) is 0 Å². The van der Waals surface area contributed by atoms with E-state index in [-0.39, 0.29) is 17.9 Å². The second-order valence-electron chi connectivity index (χ2n) is 6.67. The maximum Gasteiger partial charge on any atom is 0.257 e. The van der Waals surface area contributed by atoms with E-state index in [4.69, 9.17) is 0 Å². The molecule has 0 saturated carbocycles.